The molecule has 142 valence electrons. The van der Waals surface area contributed by atoms with Gasteiger partial charge in [0.2, 0.25) is 0 Å². The Morgan fingerprint density at radius 1 is 1.22 bits per heavy atom. The summed E-state index contributed by atoms with van der Waals surface area (Å²) in [6.45, 7) is 10.1. The third kappa shape index (κ3) is 3.70. The zero-order valence-corrected chi connectivity index (χ0v) is 16.6. The fourth-order valence-electron chi connectivity index (χ4n) is 3.34. The number of fused-ring (bicyclic) bond motifs is 1. The molecule has 4 heterocycles. The van der Waals surface area contributed by atoms with E-state index in [4.69, 9.17) is 0 Å². The van der Waals surface area contributed by atoms with Crippen molar-refractivity contribution in [3.63, 3.8) is 0 Å². The maximum atomic E-state index is 13.0. The summed E-state index contributed by atoms with van der Waals surface area (Å²) in [6.07, 6.45) is 1.47. The highest BCUT2D eigenvalue weighted by Gasteiger charge is 2.25. The molecular formula is C18H23N7OS. The van der Waals surface area contributed by atoms with Crippen molar-refractivity contribution in [1.82, 2.24) is 34.4 Å². The molecule has 1 aliphatic rings. The molecule has 1 aliphatic heterocycles. The Bertz CT molecular complexity index is 956. The van der Waals surface area contributed by atoms with Gasteiger partial charge in [-0.15, -0.1) is 11.3 Å². The standard InChI is InChI=1S/C18H23N7OS/c1-12(2)16-8-15(22-18-19-11-20-25(16)18)17(26)24-6-4-23(5-7-24)9-14-10-27-13(3)21-14/h8,10-12H,4-7,9H2,1-3H3. The van der Waals surface area contributed by atoms with Crippen LogP contribution < -0.4 is 0 Å². The van der Waals surface area contributed by atoms with Gasteiger partial charge in [-0.25, -0.2) is 14.5 Å². The number of carbonyl (C=O) groups excluding carboxylic acids is 1. The topological polar surface area (TPSA) is 79.5 Å². The van der Waals surface area contributed by atoms with Gasteiger partial charge in [0.25, 0.3) is 11.7 Å². The Morgan fingerprint density at radius 3 is 2.67 bits per heavy atom. The fourth-order valence-corrected chi connectivity index (χ4v) is 3.94. The van der Waals surface area contributed by atoms with Crippen molar-refractivity contribution in [2.24, 2.45) is 0 Å². The van der Waals surface area contributed by atoms with E-state index in [9.17, 15) is 4.79 Å². The van der Waals surface area contributed by atoms with Gasteiger partial charge in [-0.3, -0.25) is 9.69 Å². The molecule has 0 unspecified atom stereocenters. The molecule has 8 nitrogen and oxygen atoms in total. The van der Waals surface area contributed by atoms with Crippen LogP contribution in [0.4, 0.5) is 0 Å². The van der Waals surface area contributed by atoms with E-state index < -0.39 is 0 Å². The van der Waals surface area contributed by atoms with Crippen LogP contribution in [0.15, 0.2) is 17.8 Å². The molecule has 0 radical (unpaired) electrons. The zero-order valence-electron chi connectivity index (χ0n) is 15.8. The summed E-state index contributed by atoms with van der Waals surface area (Å²) in [5.41, 5.74) is 2.50. The van der Waals surface area contributed by atoms with Gasteiger partial charge in [0.15, 0.2) is 0 Å². The summed E-state index contributed by atoms with van der Waals surface area (Å²) in [5.74, 6) is 0.663. The van der Waals surface area contributed by atoms with Crippen molar-refractivity contribution < 1.29 is 4.79 Å². The van der Waals surface area contributed by atoms with Crippen molar-refractivity contribution >= 4 is 23.0 Å². The Balaban J connectivity index is 1.45. The third-order valence-corrected chi connectivity index (χ3v) is 5.62. The molecule has 0 N–H and O–H groups in total. The van der Waals surface area contributed by atoms with Crippen LogP contribution in [0.1, 0.15) is 46.6 Å². The van der Waals surface area contributed by atoms with E-state index in [1.165, 1.54) is 6.33 Å². The molecule has 4 rings (SSSR count). The summed E-state index contributed by atoms with van der Waals surface area (Å²) in [6, 6.07) is 1.85. The first-order valence-corrected chi connectivity index (χ1v) is 10.0. The van der Waals surface area contributed by atoms with E-state index in [2.05, 4.69) is 44.2 Å². The molecule has 0 bridgehead atoms. The minimum absolute atomic E-state index is 0.0356. The molecule has 9 heteroatoms. The number of hydrogen-bond acceptors (Lipinski definition) is 7. The largest absolute Gasteiger partial charge is 0.335 e. The molecule has 1 saturated heterocycles. The van der Waals surface area contributed by atoms with Crippen LogP contribution in [0.25, 0.3) is 5.78 Å². The normalized spacial score (nSPS) is 15.8. The van der Waals surface area contributed by atoms with Gasteiger partial charge in [-0.2, -0.15) is 10.1 Å². The van der Waals surface area contributed by atoms with Crippen LogP contribution in [0, 0.1) is 6.92 Å². The molecule has 3 aromatic rings. The number of amides is 1. The van der Waals surface area contributed by atoms with Crippen molar-refractivity contribution in [3.8, 4) is 0 Å². The Morgan fingerprint density at radius 2 is 2.00 bits per heavy atom. The molecule has 1 amide bonds. The zero-order chi connectivity index (χ0) is 19.0. The summed E-state index contributed by atoms with van der Waals surface area (Å²) < 4.78 is 1.70. The number of aryl methyl sites for hydroxylation is 1. The molecule has 0 aromatic carbocycles. The van der Waals surface area contributed by atoms with Crippen LogP contribution in [-0.4, -0.2) is 66.5 Å². The number of carbonyl (C=O) groups is 1. The molecule has 0 spiro atoms. The highest BCUT2D eigenvalue weighted by Crippen LogP contribution is 2.18. The molecular weight excluding hydrogens is 362 g/mol. The minimum atomic E-state index is -0.0356. The lowest BCUT2D eigenvalue weighted by Gasteiger charge is -2.34. The van der Waals surface area contributed by atoms with E-state index in [0.717, 1.165) is 36.0 Å². The smallest absolute Gasteiger partial charge is 0.272 e. The fraction of sp³-hybridized carbons (Fsp3) is 0.500. The highest BCUT2D eigenvalue weighted by molar-refractivity contribution is 7.09. The SMILES string of the molecule is Cc1nc(CN2CCN(C(=O)c3cc(C(C)C)n4ncnc4n3)CC2)cs1. The van der Waals surface area contributed by atoms with Crippen LogP contribution in [0.2, 0.25) is 0 Å². The lowest BCUT2D eigenvalue weighted by molar-refractivity contribution is 0.0621. The molecule has 27 heavy (non-hydrogen) atoms. The lowest BCUT2D eigenvalue weighted by Crippen LogP contribution is -2.48. The maximum Gasteiger partial charge on any atom is 0.272 e. The second-order valence-corrected chi connectivity index (χ2v) is 8.18. The highest BCUT2D eigenvalue weighted by atomic mass is 32.1. The average Bonchev–Trinajstić information content (AvgIpc) is 3.29. The van der Waals surface area contributed by atoms with Crippen LogP contribution >= 0.6 is 11.3 Å². The first-order chi connectivity index (χ1) is 13.0. The van der Waals surface area contributed by atoms with Gasteiger partial charge in [0, 0.05) is 38.1 Å². The van der Waals surface area contributed by atoms with Gasteiger partial charge in [0.1, 0.15) is 12.0 Å². The van der Waals surface area contributed by atoms with Crippen molar-refractivity contribution in [3.05, 3.63) is 39.9 Å². The van der Waals surface area contributed by atoms with Crippen molar-refractivity contribution in [1.29, 1.82) is 0 Å². The van der Waals surface area contributed by atoms with E-state index >= 15 is 0 Å². The van der Waals surface area contributed by atoms with E-state index in [-0.39, 0.29) is 11.8 Å². The monoisotopic (exact) mass is 385 g/mol. The van der Waals surface area contributed by atoms with Gasteiger partial charge in [-0.1, -0.05) is 13.8 Å². The van der Waals surface area contributed by atoms with Crippen LogP contribution in [0.5, 0.6) is 0 Å². The van der Waals surface area contributed by atoms with Gasteiger partial charge in [-0.05, 0) is 18.9 Å². The summed E-state index contributed by atoms with van der Waals surface area (Å²) >= 11 is 1.68. The first-order valence-electron chi connectivity index (χ1n) is 9.14. The Labute approximate surface area is 161 Å². The average molecular weight is 385 g/mol. The van der Waals surface area contributed by atoms with Crippen molar-refractivity contribution in [2.75, 3.05) is 26.2 Å². The predicted molar refractivity (Wildman–Crippen MR) is 103 cm³/mol. The van der Waals surface area contributed by atoms with Gasteiger partial charge < -0.3 is 4.90 Å². The van der Waals surface area contributed by atoms with Gasteiger partial charge in [0.05, 0.1) is 16.4 Å². The molecule has 3 aromatic heterocycles. The number of nitrogens with zero attached hydrogens (tertiary/aromatic N) is 7. The molecule has 0 atom stereocenters. The Hall–Kier alpha value is -2.39. The minimum Gasteiger partial charge on any atom is -0.335 e. The third-order valence-electron chi connectivity index (χ3n) is 4.80. The summed E-state index contributed by atoms with van der Waals surface area (Å²) in [4.78, 5) is 30.3. The molecule has 1 fully saturated rings. The van der Waals surface area contributed by atoms with Gasteiger partial charge >= 0.3 is 0 Å². The summed E-state index contributed by atoms with van der Waals surface area (Å²) in [5, 5.41) is 7.41. The van der Waals surface area contributed by atoms with Crippen molar-refractivity contribution in [2.45, 2.75) is 33.2 Å². The number of hydrogen-bond donors (Lipinski definition) is 0. The van der Waals surface area contributed by atoms with Crippen LogP contribution in [0.3, 0.4) is 0 Å². The maximum absolute atomic E-state index is 13.0. The van der Waals surface area contributed by atoms with E-state index in [1.54, 1.807) is 15.9 Å². The summed E-state index contributed by atoms with van der Waals surface area (Å²) in [7, 11) is 0. The number of aromatic nitrogens is 5. The lowest BCUT2D eigenvalue weighted by atomic mass is 10.1. The van der Waals surface area contributed by atoms with Crippen LogP contribution in [-0.2, 0) is 6.54 Å². The first kappa shape index (κ1) is 18.0. The number of piperazine rings is 1. The Kier molecular flexibility index (Phi) is 4.88. The van der Waals surface area contributed by atoms with E-state index in [1.807, 2.05) is 17.9 Å². The predicted octanol–water partition coefficient (Wildman–Crippen LogP) is 1.97. The molecule has 0 saturated carbocycles. The number of rotatable bonds is 4. The number of thiazole rings is 1. The second-order valence-electron chi connectivity index (χ2n) is 7.12. The molecule has 0 aliphatic carbocycles. The van der Waals surface area contributed by atoms with E-state index in [0.29, 0.717) is 24.6 Å². The second kappa shape index (κ2) is 7.32. The quantitative estimate of drug-likeness (QED) is 0.683.